The monoisotopic (exact) mass is 523 g/mol. The molecule has 1 atom stereocenters. The van der Waals surface area contributed by atoms with Crippen LogP contribution in [0.2, 0.25) is 5.02 Å². The number of carbonyl (C=O) groups is 2. The molecule has 0 radical (unpaired) electrons. The van der Waals surface area contributed by atoms with Gasteiger partial charge in [-0.05, 0) is 43.5 Å². The number of amides is 2. The first-order valence-corrected chi connectivity index (χ1v) is 13.7. The highest BCUT2D eigenvalue weighted by atomic mass is 35.5. The number of nitrogens with zero attached hydrogens (tertiary/aromatic N) is 2. The van der Waals surface area contributed by atoms with Gasteiger partial charge in [0.2, 0.25) is 21.8 Å². The highest BCUT2D eigenvalue weighted by Crippen LogP contribution is 2.33. The third kappa shape index (κ3) is 7.86. The van der Waals surface area contributed by atoms with Crippen molar-refractivity contribution >= 4 is 39.1 Å². The van der Waals surface area contributed by atoms with Gasteiger partial charge in [-0.3, -0.25) is 13.9 Å². The van der Waals surface area contributed by atoms with Crippen LogP contribution in [0.15, 0.2) is 42.5 Å². The number of nitrogens with one attached hydrogen (secondary N) is 1. The maximum atomic E-state index is 13.7. The van der Waals surface area contributed by atoms with Gasteiger partial charge in [0.1, 0.15) is 18.3 Å². The molecule has 0 aliphatic rings. The molecule has 0 heterocycles. The Bertz CT molecular complexity index is 1120. The van der Waals surface area contributed by atoms with E-state index in [-0.39, 0.29) is 23.9 Å². The van der Waals surface area contributed by atoms with Crippen LogP contribution in [0.1, 0.15) is 37.8 Å². The molecule has 0 aliphatic heterocycles. The lowest BCUT2D eigenvalue weighted by atomic mass is 10.1. The van der Waals surface area contributed by atoms with E-state index in [0.717, 1.165) is 28.1 Å². The molecule has 0 aliphatic carbocycles. The third-order valence-electron chi connectivity index (χ3n) is 5.50. The first-order chi connectivity index (χ1) is 16.5. The minimum absolute atomic E-state index is 0.148. The van der Waals surface area contributed by atoms with Crippen molar-refractivity contribution < 1.29 is 22.7 Å². The van der Waals surface area contributed by atoms with Gasteiger partial charge in [-0.1, -0.05) is 55.3 Å². The van der Waals surface area contributed by atoms with Gasteiger partial charge >= 0.3 is 0 Å². The fraction of sp³-hybridized carbons (Fsp3) is 0.440. The number of halogens is 1. The average molecular weight is 524 g/mol. The maximum absolute atomic E-state index is 13.7. The van der Waals surface area contributed by atoms with Crippen molar-refractivity contribution in [2.75, 3.05) is 30.8 Å². The Morgan fingerprint density at radius 1 is 1.11 bits per heavy atom. The largest absolute Gasteiger partial charge is 0.495 e. The molecule has 192 valence electrons. The van der Waals surface area contributed by atoms with E-state index in [9.17, 15) is 18.0 Å². The fourth-order valence-corrected chi connectivity index (χ4v) is 4.64. The van der Waals surface area contributed by atoms with E-state index in [0.29, 0.717) is 18.0 Å². The van der Waals surface area contributed by atoms with Crippen LogP contribution in [0.5, 0.6) is 5.75 Å². The zero-order valence-corrected chi connectivity index (χ0v) is 22.4. The molecule has 0 saturated heterocycles. The Kier molecular flexibility index (Phi) is 10.4. The summed E-state index contributed by atoms with van der Waals surface area (Å²) in [6.07, 6.45) is 2.13. The molecule has 1 N–H and O–H groups in total. The SMILES string of the molecule is CCCNC(=O)C(CC)N(Cc1ccc(C)cc1)C(=O)CN(c1cc(Cl)ccc1OC)S(C)(=O)=O. The van der Waals surface area contributed by atoms with Gasteiger partial charge in [-0.25, -0.2) is 8.42 Å². The van der Waals surface area contributed by atoms with E-state index in [1.54, 1.807) is 6.07 Å². The number of hydrogen-bond donors (Lipinski definition) is 1. The van der Waals surface area contributed by atoms with Crippen LogP contribution in [0, 0.1) is 6.92 Å². The topological polar surface area (TPSA) is 96.0 Å². The number of hydrogen-bond acceptors (Lipinski definition) is 5. The number of benzene rings is 2. The van der Waals surface area contributed by atoms with Gasteiger partial charge in [0.05, 0.1) is 19.1 Å². The van der Waals surface area contributed by atoms with Crippen molar-refractivity contribution in [2.45, 2.75) is 46.2 Å². The van der Waals surface area contributed by atoms with Crippen LogP contribution in [0.4, 0.5) is 5.69 Å². The predicted octanol–water partition coefficient (Wildman–Crippen LogP) is 3.76. The summed E-state index contributed by atoms with van der Waals surface area (Å²) in [7, 11) is -2.49. The standard InChI is InChI=1S/C25H34ClN3O5S/c1-6-14-27-25(31)21(7-2)28(16-19-10-8-18(3)9-11-19)24(30)17-29(35(5,32)33)22-15-20(26)12-13-23(22)34-4/h8-13,15,21H,6-7,14,16-17H2,1-5H3,(H,27,31). The van der Waals surface area contributed by atoms with Gasteiger partial charge in [0, 0.05) is 18.1 Å². The Morgan fingerprint density at radius 2 is 1.77 bits per heavy atom. The van der Waals surface area contributed by atoms with E-state index >= 15 is 0 Å². The second-order valence-electron chi connectivity index (χ2n) is 8.31. The minimum Gasteiger partial charge on any atom is -0.495 e. The summed E-state index contributed by atoms with van der Waals surface area (Å²) >= 11 is 6.12. The van der Waals surface area contributed by atoms with E-state index < -0.39 is 28.5 Å². The molecule has 0 saturated carbocycles. The lowest BCUT2D eigenvalue weighted by molar-refractivity contribution is -0.140. The third-order valence-corrected chi connectivity index (χ3v) is 6.86. The van der Waals surface area contributed by atoms with Gasteiger partial charge < -0.3 is 15.0 Å². The second kappa shape index (κ2) is 12.8. The van der Waals surface area contributed by atoms with Crippen molar-refractivity contribution in [3.63, 3.8) is 0 Å². The molecule has 0 bridgehead atoms. The number of aryl methyl sites for hydroxylation is 1. The van der Waals surface area contributed by atoms with Crippen molar-refractivity contribution in [3.8, 4) is 5.75 Å². The van der Waals surface area contributed by atoms with Crippen molar-refractivity contribution in [1.82, 2.24) is 10.2 Å². The summed E-state index contributed by atoms with van der Waals surface area (Å²) in [6, 6.07) is 11.4. The van der Waals surface area contributed by atoms with E-state index in [4.69, 9.17) is 16.3 Å². The predicted molar refractivity (Wildman–Crippen MR) is 139 cm³/mol. The van der Waals surface area contributed by atoms with Gasteiger partial charge in [-0.2, -0.15) is 0 Å². The van der Waals surface area contributed by atoms with Crippen LogP contribution in [-0.4, -0.2) is 57.6 Å². The van der Waals surface area contributed by atoms with Gasteiger partial charge in [-0.15, -0.1) is 0 Å². The summed E-state index contributed by atoms with van der Waals surface area (Å²) < 4.78 is 31.8. The fourth-order valence-electron chi connectivity index (χ4n) is 3.63. The molecule has 2 amide bonds. The average Bonchev–Trinajstić information content (AvgIpc) is 2.81. The van der Waals surface area contributed by atoms with Crippen LogP contribution in [0.25, 0.3) is 0 Å². The number of carbonyl (C=O) groups excluding carboxylic acids is 2. The molecule has 2 rings (SSSR count). The molecule has 0 fully saturated rings. The summed E-state index contributed by atoms with van der Waals surface area (Å²) in [6.45, 7) is 5.85. The summed E-state index contributed by atoms with van der Waals surface area (Å²) in [5.74, 6) is -0.539. The zero-order chi connectivity index (χ0) is 26.2. The molecular weight excluding hydrogens is 490 g/mol. The van der Waals surface area contributed by atoms with Crippen molar-refractivity contribution in [2.24, 2.45) is 0 Å². The summed E-state index contributed by atoms with van der Waals surface area (Å²) in [5, 5.41) is 3.15. The van der Waals surface area contributed by atoms with Crippen LogP contribution in [0.3, 0.4) is 0 Å². The van der Waals surface area contributed by atoms with Gasteiger partial charge in [0.25, 0.3) is 0 Å². The van der Waals surface area contributed by atoms with Crippen LogP contribution >= 0.6 is 11.6 Å². The Morgan fingerprint density at radius 3 is 2.31 bits per heavy atom. The maximum Gasteiger partial charge on any atom is 0.244 e. The van der Waals surface area contributed by atoms with Crippen molar-refractivity contribution in [1.29, 1.82) is 0 Å². The summed E-state index contributed by atoms with van der Waals surface area (Å²) in [5.41, 5.74) is 2.04. The molecule has 2 aromatic rings. The number of rotatable bonds is 12. The number of sulfonamides is 1. The lowest BCUT2D eigenvalue weighted by Crippen LogP contribution is -2.52. The Labute approximate surface area is 213 Å². The molecule has 0 aromatic heterocycles. The van der Waals surface area contributed by atoms with E-state index in [1.165, 1.54) is 24.1 Å². The van der Waals surface area contributed by atoms with Crippen molar-refractivity contribution in [3.05, 3.63) is 58.6 Å². The number of anilines is 1. The minimum atomic E-state index is -3.89. The summed E-state index contributed by atoms with van der Waals surface area (Å²) in [4.78, 5) is 28.1. The highest BCUT2D eigenvalue weighted by molar-refractivity contribution is 7.92. The smallest absolute Gasteiger partial charge is 0.244 e. The second-order valence-corrected chi connectivity index (χ2v) is 10.7. The lowest BCUT2D eigenvalue weighted by Gasteiger charge is -2.33. The van der Waals surface area contributed by atoms with Crippen LogP contribution < -0.4 is 14.4 Å². The number of methoxy groups -OCH3 is 1. The zero-order valence-electron chi connectivity index (χ0n) is 20.9. The Hall–Kier alpha value is -2.78. The normalized spacial score (nSPS) is 12.1. The molecule has 2 aromatic carbocycles. The van der Waals surface area contributed by atoms with E-state index in [1.807, 2.05) is 45.0 Å². The number of ether oxygens (including phenoxy) is 1. The van der Waals surface area contributed by atoms with E-state index in [2.05, 4.69) is 5.32 Å². The molecule has 8 nitrogen and oxygen atoms in total. The highest BCUT2D eigenvalue weighted by Gasteiger charge is 2.32. The first kappa shape index (κ1) is 28.5. The molecular formula is C25H34ClN3O5S. The van der Waals surface area contributed by atoms with Crippen LogP contribution in [-0.2, 0) is 26.2 Å². The van der Waals surface area contributed by atoms with Gasteiger partial charge in [0.15, 0.2) is 0 Å². The molecule has 1 unspecified atom stereocenters. The quantitative estimate of drug-likeness (QED) is 0.457. The molecule has 35 heavy (non-hydrogen) atoms. The first-order valence-electron chi connectivity index (χ1n) is 11.5. The molecule has 10 heteroatoms. The molecule has 0 spiro atoms. The Balaban J connectivity index is 2.48.